The van der Waals surface area contributed by atoms with E-state index in [0.29, 0.717) is 22.9 Å². The van der Waals surface area contributed by atoms with Crippen molar-refractivity contribution in [2.75, 3.05) is 11.1 Å². The van der Waals surface area contributed by atoms with Gasteiger partial charge in [-0.15, -0.1) is 0 Å². The molecule has 0 atom stereocenters. The smallest absolute Gasteiger partial charge is 0.232 e. The van der Waals surface area contributed by atoms with Crippen LogP contribution in [0.1, 0.15) is 55.5 Å². The zero-order chi connectivity index (χ0) is 18.2. The Kier molecular flexibility index (Phi) is 4.20. The fraction of sp³-hybridized carbons (Fsp3) is 0.368. The number of rotatable bonds is 6. The van der Waals surface area contributed by atoms with Gasteiger partial charge in [0, 0.05) is 34.2 Å². The number of nitrogens with one attached hydrogen (secondary N) is 2. The highest BCUT2D eigenvalue weighted by Gasteiger charge is 2.28. The number of aromatic nitrogens is 5. The summed E-state index contributed by atoms with van der Waals surface area (Å²) in [4.78, 5) is 14.9. The van der Waals surface area contributed by atoms with Crippen LogP contribution in [0.25, 0.3) is 0 Å². The summed E-state index contributed by atoms with van der Waals surface area (Å²) in [6.07, 6.45) is 6.06. The van der Waals surface area contributed by atoms with Crippen LogP contribution < -0.4 is 11.1 Å². The van der Waals surface area contributed by atoms with E-state index in [1.54, 1.807) is 0 Å². The van der Waals surface area contributed by atoms with Crippen molar-refractivity contribution in [3.63, 3.8) is 0 Å². The molecule has 0 amide bonds. The highest BCUT2D eigenvalue weighted by atomic mass is 32.2. The van der Waals surface area contributed by atoms with Gasteiger partial charge >= 0.3 is 0 Å². The monoisotopic (exact) mass is 379 g/mol. The van der Waals surface area contributed by atoms with Crippen molar-refractivity contribution in [3.8, 4) is 0 Å². The van der Waals surface area contributed by atoms with Gasteiger partial charge in [-0.1, -0.05) is 6.42 Å². The summed E-state index contributed by atoms with van der Waals surface area (Å²) in [5, 5.41) is 11.4. The van der Waals surface area contributed by atoms with Crippen LogP contribution in [0, 0.1) is 0 Å². The van der Waals surface area contributed by atoms with Crippen LogP contribution in [0.2, 0.25) is 0 Å². The molecule has 3 aromatic rings. The van der Waals surface area contributed by atoms with Crippen LogP contribution in [0.5, 0.6) is 0 Å². The molecule has 0 unspecified atom stereocenters. The summed E-state index contributed by atoms with van der Waals surface area (Å²) < 4.78 is 0. The molecule has 4 N–H and O–H groups in total. The molecular formula is C19H21N7S. The second-order valence-electron chi connectivity index (χ2n) is 7.21. The Hall–Kier alpha value is -2.61. The molecule has 0 spiro atoms. The predicted octanol–water partition coefficient (Wildman–Crippen LogP) is 4.22. The van der Waals surface area contributed by atoms with Gasteiger partial charge in [-0.05, 0) is 61.7 Å². The lowest BCUT2D eigenvalue weighted by Crippen LogP contribution is -2.08. The minimum absolute atomic E-state index is 0.448. The van der Waals surface area contributed by atoms with E-state index in [2.05, 4.69) is 36.5 Å². The van der Waals surface area contributed by atoms with Crippen LogP contribution in [-0.4, -0.2) is 25.1 Å². The van der Waals surface area contributed by atoms with Crippen molar-refractivity contribution < 1.29 is 0 Å². The zero-order valence-corrected chi connectivity index (χ0v) is 15.7. The molecular weight excluding hydrogens is 358 g/mol. The number of nitrogen functional groups attached to an aromatic ring is 1. The van der Waals surface area contributed by atoms with E-state index in [1.165, 1.54) is 36.7 Å². The number of benzene rings is 1. The summed E-state index contributed by atoms with van der Waals surface area (Å²) in [6.45, 7) is 0. The Morgan fingerprint density at radius 1 is 1.00 bits per heavy atom. The largest absolute Gasteiger partial charge is 0.399 e. The SMILES string of the molecule is Nc1ccc(Sc2nc(Nc3cc(C4CCC4)[nH]n3)nc(C3CC3)n2)cc1. The molecule has 2 heterocycles. The Morgan fingerprint density at radius 3 is 2.52 bits per heavy atom. The number of H-pyrrole nitrogens is 1. The molecule has 0 radical (unpaired) electrons. The standard InChI is InChI=1S/C19H21N7S/c20-13-6-8-14(9-7-13)27-19-23-17(12-4-5-12)22-18(24-19)21-16-10-15(25-26-16)11-2-1-3-11/h6-12H,1-5,20H2,(H2,21,22,23,24,25,26). The topological polar surface area (TPSA) is 105 Å². The molecule has 2 saturated carbocycles. The molecule has 5 rings (SSSR count). The molecule has 2 fully saturated rings. The molecule has 2 aliphatic rings. The van der Waals surface area contributed by atoms with Crippen molar-refractivity contribution >= 4 is 29.2 Å². The van der Waals surface area contributed by atoms with Gasteiger partial charge in [0.05, 0.1) is 0 Å². The Balaban J connectivity index is 1.38. The van der Waals surface area contributed by atoms with Gasteiger partial charge in [-0.3, -0.25) is 5.10 Å². The molecule has 0 aliphatic heterocycles. The summed E-state index contributed by atoms with van der Waals surface area (Å²) in [5.74, 6) is 3.24. The third-order valence-electron chi connectivity index (χ3n) is 5.05. The average molecular weight is 379 g/mol. The molecule has 7 nitrogen and oxygen atoms in total. The second-order valence-corrected chi connectivity index (χ2v) is 8.25. The van der Waals surface area contributed by atoms with Crippen molar-refractivity contribution in [2.24, 2.45) is 0 Å². The number of hydrogen-bond donors (Lipinski definition) is 3. The first-order chi connectivity index (χ1) is 13.2. The normalized spacial score (nSPS) is 16.9. The van der Waals surface area contributed by atoms with Crippen molar-refractivity contribution in [3.05, 3.63) is 41.9 Å². The Morgan fingerprint density at radius 2 is 1.81 bits per heavy atom. The number of anilines is 3. The van der Waals surface area contributed by atoms with E-state index in [4.69, 9.17) is 5.73 Å². The Bertz CT molecular complexity index is 945. The number of aromatic amines is 1. The van der Waals surface area contributed by atoms with Crippen LogP contribution in [0.3, 0.4) is 0 Å². The molecule has 1 aromatic carbocycles. The minimum atomic E-state index is 0.448. The fourth-order valence-electron chi connectivity index (χ4n) is 3.08. The summed E-state index contributed by atoms with van der Waals surface area (Å²) in [6, 6.07) is 9.79. The van der Waals surface area contributed by atoms with Crippen LogP contribution >= 0.6 is 11.8 Å². The predicted molar refractivity (Wildman–Crippen MR) is 105 cm³/mol. The maximum atomic E-state index is 5.77. The van der Waals surface area contributed by atoms with E-state index < -0.39 is 0 Å². The first-order valence-corrected chi connectivity index (χ1v) is 10.2. The van der Waals surface area contributed by atoms with Gasteiger partial charge in [0.2, 0.25) is 5.95 Å². The number of nitrogens with two attached hydrogens (primary N) is 1. The van der Waals surface area contributed by atoms with Crippen molar-refractivity contribution in [1.29, 1.82) is 0 Å². The van der Waals surface area contributed by atoms with Gasteiger partial charge in [0.25, 0.3) is 0 Å². The summed E-state index contributed by atoms with van der Waals surface area (Å²) >= 11 is 1.52. The maximum Gasteiger partial charge on any atom is 0.232 e. The quantitative estimate of drug-likeness (QED) is 0.551. The molecule has 0 bridgehead atoms. The van der Waals surface area contributed by atoms with E-state index in [9.17, 15) is 0 Å². The molecule has 27 heavy (non-hydrogen) atoms. The lowest BCUT2D eigenvalue weighted by molar-refractivity contribution is 0.410. The lowest BCUT2D eigenvalue weighted by atomic mass is 9.83. The van der Waals surface area contributed by atoms with Gasteiger partial charge < -0.3 is 11.1 Å². The highest BCUT2D eigenvalue weighted by molar-refractivity contribution is 7.99. The van der Waals surface area contributed by atoms with E-state index in [0.717, 1.165) is 35.1 Å². The van der Waals surface area contributed by atoms with Crippen LogP contribution in [-0.2, 0) is 0 Å². The minimum Gasteiger partial charge on any atom is -0.399 e. The molecule has 2 aromatic heterocycles. The van der Waals surface area contributed by atoms with Crippen molar-refractivity contribution in [2.45, 2.75) is 54.0 Å². The Labute approximate surface area is 161 Å². The lowest BCUT2D eigenvalue weighted by Gasteiger charge is -2.23. The maximum absolute atomic E-state index is 5.77. The van der Waals surface area contributed by atoms with E-state index >= 15 is 0 Å². The molecule has 138 valence electrons. The fourth-order valence-corrected chi connectivity index (χ4v) is 3.84. The third kappa shape index (κ3) is 3.75. The van der Waals surface area contributed by atoms with E-state index in [-0.39, 0.29) is 0 Å². The molecule has 8 heteroatoms. The van der Waals surface area contributed by atoms with Gasteiger partial charge in [0.1, 0.15) is 5.82 Å². The number of hydrogen-bond acceptors (Lipinski definition) is 7. The van der Waals surface area contributed by atoms with Crippen LogP contribution in [0.4, 0.5) is 17.5 Å². The second kappa shape index (κ2) is 6.84. The van der Waals surface area contributed by atoms with Gasteiger partial charge in [0.15, 0.2) is 11.0 Å². The van der Waals surface area contributed by atoms with Gasteiger partial charge in [-0.25, -0.2) is 4.98 Å². The first kappa shape index (κ1) is 16.6. The van der Waals surface area contributed by atoms with Crippen LogP contribution in [0.15, 0.2) is 40.4 Å². The third-order valence-corrected chi connectivity index (χ3v) is 5.92. The summed E-state index contributed by atoms with van der Waals surface area (Å²) in [7, 11) is 0. The first-order valence-electron chi connectivity index (χ1n) is 9.34. The van der Waals surface area contributed by atoms with E-state index in [1.807, 2.05) is 24.3 Å². The highest BCUT2D eigenvalue weighted by Crippen LogP contribution is 2.39. The average Bonchev–Trinajstić information content (AvgIpc) is 3.37. The molecule has 0 saturated heterocycles. The zero-order valence-electron chi connectivity index (χ0n) is 14.9. The molecule has 2 aliphatic carbocycles. The number of nitrogens with zero attached hydrogens (tertiary/aromatic N) is 4. The summed E-state index contributed by atoms with van der Waals surface area (Å²) in [5.41, 5.74) is 7.71. The van der Waals surface area contributed by atoms with Gasteiger partial charge in [-0.2, -0.15) is 15.1 Å². The van der Waals surface area contributed by atoms with Crippen molar-refractivity contribution in [1.82, 2.24) is 25.1 Å².